The molecule has 1 fully saturated rings. The molecule has 6 atom stereocenters. The summed E-state index contributed by atoms with van der Waals surface area (Å²) >= 11 is 0. The molecule has 0 spiro atoms. The first kappa shape index (κ1) is 23.6. The molecule has 0 aromatic carbocycles. The van der Waals surface area contributed by atoms with E-state index in [1.165, 1.54) is 22.5 Å². The van der Waals surface area contributed by atoms with Crippen LogP contribution in [-0.4, -0.2) is 55.8 Å². The molecule has 1 saturated heterocycles. The zero-order valence-corrected chi connectivity index (χ0v) is 17.6. The lowest BCUT2D eigenvalue weighted by Gasteiger charge is -2.30. The van der Waals surface area contributed by atoms with Gasteiger partial charge in [-0.25, -0.2) is 4.57 Å². The summed E-state index contributed by atoms with van der Waals surface area (Å²) in [5.41, 5.74) is 5.12. The molecule has 170 valence electrons. The molecule has 0 saturated carbocycles. The number of aromatic nitrogens is 4. The summed E-state index contributed by atoms with van der Waals surface area (Å²) in [5.74, 6) is 1.53. The number of nitrogens with one attached hydrogen (secondary N) is 1. The lowest BCUT2D eigenvalue weighted by atomic mass is 10.1. The van der Waals surface area contributed by atoms with Gasteiger partial charge in [0.2, 0.25) is 11.7 Å². The van der Waals surface area contributed by atoms with Crippen molar-refractivity contribution in [3.05, 3.63) is 16.7 Å². The summed E-state index contributed by atoms with van der Waals surface area (Å²) in [6.45, 7) is -0.882. The Morgan fingerprint density at radius 2 is 2.13 bits per heavy atom. The molecule has 0 bridgehead atoms. The number of nitrogens with two attached hydrogens (primary N) is 1. The van der Waals surface area contributed by atoms with E-state index in [4.69, 9.17) is 16.9 Å². The smallest absolute Gasteiger partial charge is 0.313 e. The number of anilines is 1. The fraction of sp³-hybridized carbons (Fsp3) is 0.500. The van der Waals surface area contributed by atoms with Crippen molar-refractivity contribution in [3.63, 3.8) is 0 Å². The number of ether oxygens (including phenoxy) is 1. The van der Waals surface area contributed by atoms with E-state index in [9.17, 15) is 33.9 Å². The number of aliphatic hydroxyl groups excluding tert-OH is 2. The molecule has 31 heavy (non-hydrogen) atoms. The first-order valence-electron chi connectivity index (χ1n) is 8.53. The highest BCUT2D eigenvalue weighted by Gasteiger charge is 2.47. The number of nitrogens with zero attached hydrogens (tertiary/aromatic N) is 3. The van der Waals surface area contributed by atoms with Crippen molar-refractivity contribution in [3.8, 4) is 12.3 Å². The number of hydrogen-bond donors (Lipinski definition) is 4. The van der Waals surface area contributed by atoms with Crippen molar-refractivity contribution in [2.24, 2.45) is 7.05 Å². The SMILES string of the molecule is C#CCP(=O)([O-])OP(=O)([O-])OC[C@H]1O[C@@H]([n+]2cn(C)c3c(=O)[nH]c(N)nc32)[C@@H](O)C1O. The molecule has 1 aliphatic rings. The molecule has 2 aromatic rings. The number of phosphoric acid groups is 1. The van der Waals surface area contributed by atoms with Crippen LogP contribution in [0.3, 0.4) is 0 Å². The zero-order chi connectivity index (χ0) is 23.1. The zero-order valence-electron chi connectivity index (χ0n) is 15.9. The highest BCUT2D eigenvalue weighted by atomic mass is 31.3. The molecule has 0 radical (unpaired) electrons. The van der Waals surface area contributed by atoms with Crippen LogP contribution >= 0.6 is 15.4 Å². The van der Waals surface area contributed by atoms with Crippen molar-refractivity contribution in [1.82, 2.24) is 14.5 Å². The molecule has 1 aliphatic heterocycles. The van der Waals surface area contributed by atoms with Gasteiger partial charge in [-0.15, -0.1) is 6.42 Å². The van der Waals surface area contributed by atoms with Crippen LogP contribution in [0.5, 0.6) is 0 Å². The number of fused-ring (bicyclic) bond motifs is 1. The number of aryl methyl sites for hydroxylation is 1. The third-order valence-electron chi connectivity index (χ3n) is 4.31. The quantitative estimate of drug-likeness (QED) is 0.172. The molecular weight excluding hydrogens is 460 g/mol. The summed E-state index contributed by atoms with van der Waals surface area (Å²) in [7, 11) is -8.74. The van der Waals surface area contributed by atoms with E-state index >= 15 is 0 Å². The Labute approximate surface area is 174 Å². The Morgan fingerprint density at radius 3 is 2.77 bits per heavy atom. The van der Waals surface area contributed by atoms with Crippen LogP contribution in [0.15, 0.2) is 11.1 Å². The first-order chi connectivity index (χ1) is 14.3. The Kier molecular flexibility index (Phi) is 6.41. The van der Waals surface area contributed by atoms with Gasteiger partial charge in [0.1, 0.15) is 18.3 Å². The number of imidazole rings is 1. The van der Waals surface area contributed by atoms with Crippen LogP contribution in [0.25, 0.3) is 11.2 Å². The maximum atomic E-state index is 12.1. The highest BCUT2D eigenvalue weighted by molar-refractivity contribution is 7.62. The number of nitrogen functional groups attached to an aromatic ring is 1. The number of terminal acetylenes is 1. The van der Waals surface area contributed by atoms with Gasteiger partial charge in [-0.1, -0.05) is 10.9 Å². The molecule has 2 aromatic heterocycles. The molecule has 5 N–H and O–H groups in total. The second-order valence-electron chi connectivity index (χ2n) is 6.60. The van der Waals surface area contributed by atoms with Gasteiger partial charge in [0.25, 0.3) is 19.3 Å². The normalized spacial score (nSPS) is 27.6. The van der Waals surface area contributed by atoms with Crippen LogP contribution in [0.2, 0.25) is 0 Å². The summed E-state index contributed by atoms with van der Waals surface area (Å²) in [6.07, 6.45) is -0.754. The van der Waals surface area contributed by atoms with Crippen LogP contribution in [0.4, 0.5) is 5.95 Å². The predicted molar refractivity (Wildman–Crippen MR) is 97.8 cm³/mol. The van der Waals surface area contributed by atoms with Gasteiger partial charge in [0.15, 0.2) is 13.9 Å². The van der Waals surface area contributed by atoms with Gasteiger partial charge in [0.05, 0.1) is 19.8 Å². The Bertz CT molecular complexity index is 1190. The Morgan fingerprint density at radius 1 is 1.45 bits per heavy atom. The fourth-order valence-corrected chi connectivity index (χ4v) is 5.22. The van der Waals surface area contributed by atoms with Crippen LogP contribution in [0, 0.1) is 12.3 Å². The maximum Gasteiger partial charge on any atom is 0.313 e. The van der Waals surface area contributed by atoms with Gasteiger partial charge < -0.3 is 39.6 Å². The molecule has 0 amide bonds. The Hall–Kier alpha value is -2.11. The van der Waals surface area contributed by atoms with Crippen molar-refractivity contribution >= 4 is 32.5 Å². The monoisotopic (exact) mass is 478 g/mol. The van der Waals surface area contributed by atoms with Crippen molar-refractivity contribution in [1.29, 1.82) is 0 Å². The second-order valence-corrected chi connectivity index (χ2v) is 9.94. The van der Waals surface area contributed by atoms with Crippen molar-refractivity contribution in [2.75, 3.05) is 18.5 Å². The topological polar surface area (TPSA) is 229 Å². The van der Waals surface area contributed by atoms with Crippen LogP contribution in [0.1, 0.15) is 6.23 Å². The van der Waals surface area contributed by atoms with Gasteiger partial charge >= 0.3 is 5.65 Å². The lowest BCUT2D eigenvalue weighted by molar-refractivity contribution is -0.745. The molecule has 3 rings (SSSR count). The van der Waals surface area contributed by atoms with Gasteiger partial charge in [-0.3, -0.25) is 23.2 Å². The Balaban J connectivity index is 1.79. The molecule has 15 nitrogen and oxygen atoms in total. The van der Waals surface area contributed by atoms with E-state index in [2.05, 4.69) is 18.8 Å². The predicted octanol–water partition coefficient (Wildman–Crippen LogP) is -3.56. The van der Waals surface area contributed by atoms with Crippen LogP contribution in [-0.2, 0) is 29.7 Å². The van der Waals surface area contributed by atoms with E-state index in [0.717, 1.165) is 0 Å². The van der Waals surface area contributed by atoms with E-state index in [-0.39, 0.29) is 17.1 Å². The molecule has 0 aliphatic carbocycles. The summed E-state index contributed by atoms with van der Waals surface area (Å²) in [4.78, 5) is 41.6. The van der Waals surface area contributed by atoms with Gasteiger partial charge in [-0.2, -0.15) is 0 Å². The number of H-pyrrole nitrogens is 1. The minimum atomic E-state index is -5.36. The number of rotatable bonds is 7. The summed E-state index contributed by atoms with van der Waals surface area (Å²) in [6, 6.07) is 0. The summed E-state index contributed by atoms with van der Waals surface area (Å²) in [5, 5.41) is 20.6. The summed E-state index contributed by atoms with van der Waals surface area (Å²) < 4.78 is 39.7. The molecule has 3 unspecified atom stereocenters. The minimum absolute atomic E-state index is 0.0287. The molecular formula is C14H18N5O10P2-. The fourth-order valence-electron chi connectivity index (χ4n) is 3.03. The van der Waals surface area contributed by atoms with E-state index < -0.39 is 58.3 Å². The maximum absolute atomic E-state index is 12.1. The standard InChI is InChI=1S/C14H19N5O10P2/c1-3-4-30(23,24)29-31(25,26)27-5-7-9(20)10(21)13(28-7)19-6-18(2)8-11(19)16-14(15)17-12(8)22/h1,6-7,9-10,13,20-21H,4-5H2,2H3,(H4-,15,16,17,22,23,24,25,26)/p-1/t7-,9?,10+,13-/m1/s1. The molecule has 3 heterocycles. The third-order valence-corrected chi connectivity index (χ3v) is 7.14. The minimum Gasteiger partial charge on any atom is -0.778 e. The van der Waals surface area contributed by atoms with Crippen LogP contribution < -0.4 is 25.6 Å². The van der Waals surface area contributed by atoms with Gasteiger partial charge in [0, 0.05) is 0 Å². The lowest BCUT2D eigenvalue weighted by Crippen LogP contribution is -2.46. The van der Waals surface area contributed by atoms with Gasteiger partial charge in [-0.05, 0) is 0 Å². The third kappa shape index (κ3) is 4.88. The van der Waals surface area contributed by atoms with Crippen molar-refractivity contribution < 1.29 is 47.3 Å². The first-order valence-corrected chi connectivity index (χ1v) is 11.7. The largest absolute Gasteiger partial charge is 0.778 e. The number of aromatic amines is 1. The van der Waals surface area contributed by atoms with E-state index in [1.807, 2.05) is 0 Å². The number of phosphoric ester groups is 1. The van der Waals surface area contributed by atoms with E-state index in [0.29, 0.717) is 0 Å². The highest BCUT2D eigenvalue weighted by Crippen LogP contribution is 2.54. The average Bonchev–Trinajstić information content (AvgIpc) is 3.09. The average molecular weight is 478 g/mol. The number of hydrogen-bond acceptors (Lipinski definition) is 12. The second kappa shape index (κ2) is 8.44. The van der Waals surface area contributed by atoms with Crippen molar-refractivity contribution in [2.45, 2.75) is 24.5 Å². The number of aliphatic hydroxyl groups is 2. The van der Waals surface area contributed by atoms with E-state index in [1.54, 1.807) is 5.92 Å². The molecule has 17 heteroatoms.